The summed E-state index contributed by atoms with van der Waals surface area (Å²) in [5, 5.41) is 0. The molecule has 1 heterocycles. The lowest BCUT2D eigenvalue weighted by Crippen LogP contribution is -2.48. The highest BCUT2D eigenvalue weighted by Gasteiger charge is 2.35. The molecule has 5 heteroatoms. The Kier molecular flexibility index (Phi) is 3.35. The van der Waals surface area contributed by atoms with E-state index in [1.807, 2.05) is 0 Å². The molecule has 90 valence electrons. The van der Waals surface area contributed by atoms with E-state index in [1.165, 1.54) is 0 Å². The molecule has 16 heavy (non-hydrogen) atoms. The summed E-state index contributed by atoms with van der Waals surface area (Å²) in [6.45, 7) is 7.01. The molecule has 0 aromatic heterocycles. The van der Waals surface area contributed by atoms with E-state index in [2.05, 4.69) is 0 Å². The van der Waals surface area contributed by atoms with Gasteiger partial charge in [0.15, 0.2) is 0 Å². The molecule has 0 radical (unpaired) electrons. The Morgan fingerprint density at radius 1 is 1.38 bits per heavy atom. The maximum absolute atomic E-state index is 11.6. The summed E-state index contributed by atoms with van der Waals surface area (Å²) in [5.41, 5.74) is -0.637. The first-order chi connectivity index (χ1) is 7.20. The molecule has 1 aliphatic rings. The lowest BCUT2D eigenvalue weighted by atomic mass is 9.98. The molecule has 0 aromatic rings. The number of ketones is 1. The van der Waals surface area contributed by atoms with Crippen LogP contribution in [0.4, 0.5) is 4.79 Å². The van der Waals surface area contributed by atoms with E-state index in [0.717, 1.165) is 4.90 Å². The first kappa shape index (κ1) is 12.7. The maximum atomic E-state index is 11.6. The van der Waals surface area contributed by atoms with Crippen LogP contribution >= 0.6 is 0 Å². The maximum Gasteiger partial charge on any atom is 0.417 e. The van der Waals surface area contributed by atoms with Crippen LogP contribution in [-0.4, -0.2) is 34.8 Å². The summed E-state index contributed by atoms with van der Waals surface area (Å²) < 4.78 is 5.09. The number of amides is 2. The van der Waals surface area contributed by atoms with Crippen molar-refractivity contribution < 1.29 is 19.1 Å². The number of rotatable bonds is 0. The standard InChI is InChI=1S/C11H17NO4/c1-7-6-12(9(14)5-8(7)13)10(15)16-11(2,3)4/h7H,5-6H2,1-4H3. The lowest BCUT2D eigenvalue weighted by Gasteiger charge is -2.30. The topological polar surface area (TPSA) is 63.7 Å². The van der Waals surface area contributed by atoms with Crippen molar-refractivity contribution in [3.8, 4) is 0 Å². The molecule has 0 spiro atoms. The minimum atomic E-state index is -0.670. The van der Waals surface area contributed by atoms with Gasteiger partial charge in [-0.2, -0.15) is 0 Å². The molecule has 2 amide bonds. The monoisotopic (exact) mass is 227 g/mol. The van der Waals surface area contributed by atoms with Crippen LogP contribution in [0.5, 0.6) is 0 Å². The highest BCUT2D eigenvalue weighted by Crippen LogP contribution is 2.17. The van der Waals surface area contributed by atoms with Crippen LogP contribution < -0.4 is 0 Å². The Labute approximate surface area is 94.7 Å². The predicted molar refractivity (Wildman–Crippen MR) is 56.7 cm³/mol. The van der Waals surface area contributed by atoms with E-state index in [4.69, 9.17) is 4.74 Å². The van der Waals surface area contributed by atoms with Crippen molar-refractivity contribution in [1.29, 1.82) is 0 Å². The third-order valence-corrected chi connectivity index (χ3v) is 2.25. The molecular formula is C11H17NO4. The van der Waals surface area contributed by atoms with Gasteiger partial charge in [0.05, 0.1) is 6.42 Å². The molecule has 1 atom stereocenters. The molecular weight excluding hydrogens is 210 g/mol. The minimum absolute atomic E-state index is 0.118. The van der Waals surface area contributed by atoms with Crippen LogP contribution in [0, 0.1) is 5.92 Å². The number of imide groups is 1. The average Bonchev–Trinajstić information content (AvgIpc) is 2.08. The van der Waals surface area contributed by atoms with Gasteiger partial charge in [0, 0.05) is 12.5 Å². The number of likely N-dealkylation sites (tertiary alicyclic amines) is 1. The molecule has 0 N–H and O–H groups in total. The minimum Gasteiger partial charge on any atom is -0.443 e. The summed E-state index contributed by atoms with van der Waals surface area (Å²) in [6.07, 6.45) is -0.878. The van der Waals surface area contributed by atoms with E-state index < -0.39 is 17.6 Å². The molecule has 1 unspecified atom stereocenters. The third kappa shape index (κ3) is 3.05. The first-order valence-electron chi connectivity index (χ1n) is 5.27. The van der Waals surface area contributed by atoms with Gasteiger partial charge in [-0.05, 0) is 20.8 Å². The van der Waals surface area contributed by atoms with E-state index in [1.54, 1.807) is 27.7 Å². The number of hydrogen-bond acceptors (Lipinski definition) is 4. The molecule has 0 bridgehead atoms. The van der Waals surface area contributed by atoms with Gasteiger partial charge in [-0.1, -0.05) is 6.92 Å². The smallest absolute Gasteiger partial charge is 0.417 e. The zero-order chi connectivity index (χ0) is 12.5. The number of hydrogen-bond donors (Lipinski definition) is 0. The van der Waals surface area contributed by atoms with Crippen LogP contribution in [0.25, 0.3) is 0 Å². The molecule has 1 rings (SSSR count). The Morgan fingerprint density at radius 3 is 2.44 bits per heavy atom. The largest absolute Gasteiger partial charge is 0.443 e. The molecule has 0 aliphatic carbocycles. The molecule has 1 aliphatic heterocycles. The van der Waals surface area contributed by atoms with Crippen molar-refractivity contribution in [2.24, 2.45) is 5.92 Å². The van der Waals surface area contributed by atoms with Gasteiger partial charge in [-0.25, -0.2) is 9.69 Å². The van der Waals surface area contributed by atoms with Crippen LogP contribution in [0.3, 0.4) is 0 Å². The highest BCUT2D eigenvalue weighted by molar-refractivity contribution is 6.06. The van der Waals surface area contributed by atoms with Gasteiger partial charge in [0.2, 0.25) is 5.91 Å². The Balaban J connectivity index is 2.70. The van der Waals surface area contributed by atoms with Crippen LogP contribution in [-0.2, 0) is 14.3 Å². The van der Waals surface area contributed by atoms with E-state index >= 15 is 0 Å². The van der Waals surface area contributed by atoms with Gasteiger partial charge < -0.3 is 4.74 Å². The van der Waals surface area contributed by atoms with Crippen molar-refractivity contribution in [3.05, 3.63) is 0 Å². The second-order valence-electron chi connectivity index (χ2n) is 5.03. The summed E-state index contributed by atoms with van der Waals surface area (Å²) in [5.74, 6) is -0.896. The predicted octanol–water partition coefficient (Wildman–Crippen LogP) is 1.36. The van der Waals surface area contributed by atoms with Crippen molar-refractivity contribution in [1.82, 2.24) is 4.90 Å². The fourth-order valence-corrected chi connectivity index (χ4v) is 1.39. The molecule has 0 aromatic carbocycles. The molecule has 5 nitrogen and oxygen atoms in total. The van der Waals surface area contributed by atoms with E-state index in [9.17, 15) is 14.4 Å². The second kappa shape index (κ2) is 4.23. The Hall–Kier alpha value is -1.39. The lowest BCUT2D eigenvalue weighted by molar-refractivity contribution is -0.141. The molecule has 0 saturated carbocycles. The molecule has 1 saturated heterocycles. The third-order valence-electron chi connectivity index (χ3n) is 2.25. The quantitative estimate of drug-likeness (QED) is 0.586. The molecule has 1 fully saturated rings. The fourth-order valence-electron chi connectivity index (χ4n) is 1.39. The summed E-state index contributed by atoms with van der Waals surface area (Å²) in [4.78, 5) is 35.4. The number of nitrogens with zero attached hydrogens (tertiary/aromatic N) is 1. The Bertz CT molecular complexity index is 329. The fraction of sp³-hybridized carbons (Fsp3) is 0.727. The Morgan fingerprint density at radius 2 is 1.94 bits per heavy atom. The van der Waals surface area contributed by atoms with Crippen molar-refractivity contribution >= 4 is 17.8 Å². The SMILES string of the molecule is CC1CN(C(=O)OC(C)(C)C)C(=O)CC1=O. The van der Waals surface area contributed by atoms with Crippen LogP contribution in [0.2, 0.25) is 0 Å². The van der Waals surface area contributed by atoms with E-state index in [0.29, 0.717) is 0 Å². The van der Waals surface area contributed by atoms with Crippen molar-refractivity contribution in [2.75, 3.05) is 6.54 Å². The van der Waals surface area contributed by atoms with E-state index in [-0.39, 0.29) is 24.7 Å². The number of Topliss-reactive ketones (excluding diaryl/α,β-unsaturated/α-hetero) is 1. The summed E-state index contributed by atoms with van der Waals surface area (Å²) in [6, 6.07) is 0. The summed E-state index contributed by atoms with van der Waals surface area (Å²) >= 11 is 0. The van der Waals surface area contributed by atoms with Gasteiger partial charge in [0.25, 0.3) is 0 Å². The zero-order valence-corrected chi connectivity index (χ0v) is 10.1. The second-order valence-corrected chi connectivity index (χ2v) is 5.03. The van der Waals surface area contributed by atoms with Gasteiger partial charge in [0.1, 0.15) is 11.4 Å². The van der Waals surface area contributed by atoms with Gasteiger partial charge in [-0.15, -0.1) is 0 Å². The average molecular weight is 227 g/mol. The first-order valence-corrected chi connectivity index (χ1v) is 5.27. The van der Waals surface area contributed by atoms with Crippen LogP contribution in [0.1, 0.15) is 34.1 Å². The number of ether oxygens (including phenoxy) is 1. The highest BCUT2D eigenvalue weighted by atomic mass is 16.6. The van der Waals surface area contributed by atoms with Crippen molar-refractivity contribution in [2.45, 2.75) is 39.7 Å². The summed E-state index contributed by atoms with van der Waals surface area (Å²) in [7, 11) is 0. The van der Waals surface area contributed by atoms with Crippen molar-refractivity contribution in [3.63, 3.8) is 0 Å². The van der Waals surface area contributed by atoms with Gasteiger partial charge >= 0.3 is 6.09 Å². The van der Waals surface area contributed by atoms with Crippen LogP contribution in [0.15, 0.2) is 0 Å². The van der Waals surface area contributed by atoms with Gasteiger partial charge in [-0.3, -0.25) is 9.59 Å². The normalized spacial score (nSPS) is 22.2. The number of carbonyl (C=O) groups is 3. The number of carbonyl (C=O) groups excluding carboxylic acids is 3. The zero-order valence-electron chi connectivity index (χ0n) is 10.1. The number of piperidine rings is 1.